The summed E-state index contributed by atoms with van der Waals surface area (Å²) in [5.41, 5.74) is 0. The Hall–Kier alpha value is -1.38. The van der Waals surface area contributed by atoms with Crippen LogP contribution < -0.4 is 10.4 Å². The first-order chi connectivity index (χ1) is 10.8. The van der Waals surface area contributed by atoms with Crippen LogP contribution in [0.3, 0.4) is 0 Å². The average molecular weight is 312 g/mol. The van der Waals surface area contributed by atoms with Crippen LogP contribution in [0, 0.1) is 0 Å². The first kappa shape index (κ1) is 17.0. The molecule has 2 aromatic rings. The predicted molar refractivity (Wildman–Crippen MR) is 97.2 cm³/mol. The third-order valence-corrected chi connectivity index (χ3v) is 6.21. The van der Waals surface area contributed by atoms with Crippen molar-refractivity contribution in [1.82, 2.24) is 0 Å². The number of rotatable bonds is 9. The maximum atomic E-state index is 6.50. The minimum absolute atomic E-state index is 0.325. The third-order valence-electron chi connectivity index (χ3n) is 3.86. The summed E-state index contributed by atoms with van der Waals surface area (Å²) in [5, 5.41) is 2.67. The van der Waals surface area contributed by atoms with E-state index in [0.717, 1.165) is 6.42 Å². The lowest BCUT2D eigenvalue weighted by molar-refractivity contribution is 0.214. The Morgan fingerprint density at radius 1 is 0.818 bits per heavy atom. The van der Waals surface area contributed by atoms with E-state index in [2.05, 4.69) is 74.5 Å². The highest BCUT2D eigenvalue weighted by Gasteiger charge is 2.21. The molecule has 117 valence electrons. The second kappa shape index (κ2) is 9.60. The van der Waals surface area contributed by atoms with Crippen molar-refractivity contribution in [3.63, 3.8) is 0 Å². The zero-order valence-corrected chi connectivity index (χ0v) is 14.8. The van der Waals surface area contributed by atoms with E-state index in [0.29, 0.717) is 6.10 Å². The van der Waals surface area contributed by atoms with E-state index in [-0.39, 0.29) is 0 Å². The molecule has 0 fully saturated rings. The lowest BCUT2D eigenvalue weighted by Crippen LogP contribution is -2.46. The predicted octanol–water partition coefficient (Wildman–Crippen LogP) is 4.17. The molecule has 1 unspecified atom stereocenters. The largest absolute Gasteiger partial charge is 0.405 e. The minimum Gasteiger partial charge on any atom is -0.405 e. The van der Waals surface area contributed by atoms with Gasteiger partial charge < -0.3 is 4.43 Å². The molecule has 0 aliphatic heterocycles. The third kappa shape index (κ3) is 5.43. The number of unbranched alkanes of at least 4 members (excludes halogenated alkanes) is 3. The first-order valence-electron chi connectivity index (χ1n) is 8.45. The maximum absolute atomic E-state index is 6.50. The number of hydrogen-bond acceptors (Lipinski definition) is 1. The summed E-state index contributed by atoms with van der Waals surface area (Å²) in [6.07, 6.45) is 6.70. The SMILES string of the molecule is CCCCCCC(C)O[Si](c1ccccc1)c1ccccc1. The van der Waals surface area contributed by atoms with Crippen molar-refractivity contribution in [2.45, 2.75) is 52.1 Å². The van der Waals surface area contributed by atoms with E-state index in [1.807, 2.05) is 0 Å². The van der Waals surface area contributed by atoms with Crippen molar-refractivity contribution < 1.29 is 4.43 Å². The van der Waals surface area contributed by atoms with Gasteiger partial charge in [-0.3, -0.25) is 0 Å². The van der Waals surface area contributed by atoms with Gasteiger partial charge in [0, 0.05) is 6.10 Å². The van der Waals surface area contributed by atoms with Crippen molar-refractivity contribution >= 4 is 19.4 Å². The fourth-order valence-electron chi connectivity index (χ4n) is 2.60. The highest BCUT2D eigenvalue weighted by Crippen LogP contribution is 2.09. The van der Waals surface area contributed by atoms with Gasteiger partial charge in [-0.05, 0) is 23.7 Å². The van der Waals surface area contributed by atoms with Crippen LogP contribution in [0.2, 0.25) is 0 Å². The zero-order chi connectivity index (χ0) is 15.6. The highest BCUT2D eigenvalue weighted by atomic mass is 28.3. The summed E-state index contributed by atoms with van der Waals surface area (Å²) < 4.78 is 6.50. The van der Waals surface area contributed by atoms with Gasteiger partial charge in [0.2, 0.25) is 0 Å². The second-order valence-corrected chi connectivity index (χ2v) is 7.89. The minimum atomic E-state index is -1.14. The van der Waals surface area contributed by atoms with E-state index < -0.39 is 9.04 Å². The second-order valence-electron chi connectivity index (χ2n) is 5.84. The molecule has 0 aliphatic rings. The molecule has 0 saturated carbocycles. The van der Waals surface area contributed by atoms with Gasteiger partial charge in [-0.1, -0.05) is 93.3 Å². The monoisotopic (exact) mass is 311 g/mol. The highest BCUT2D eigenvalue weighted by molar-refractivity contribution is 6.80. The standard InChI is InChI=1S/C20H27OSi/c1-3-4-5-8-13-18(2)21-22(19-14-9-6-10-15-19)20-16-11-7-12-17-20/h6-7,9-12,14-18H,3-5,8,13H2,1-2H3. The molecule has 0 aromatic heterocycles. The molecule has 1 atom stereocenters. The van der Waals surface area contributed by atoms with E-state index >= 15 is 0 Å². The van der Waals surface area contributed by atoms with Crippen LogP contribution in [-0.4, -0.2) is 15.1 Å². The van der Waals surface area contributed by atoms with Crippen molar-refractivity contribution in [2.24, 2.45) is 0 Å². The number of benzene rings is 2. The Bertz CT molecular complexity index is 472. The summed E-state index contributed by atoms with van der Waals surface area (Å²) in [6.45, 7) is 4.48. The molecule has 0 N–H and O–H groups in total. The van der Waals surface area contributed by atoms with E-state index in [4.69, 9.17) is 4.43 Å². The normalized spacial score (nSPS) is 12.5. The van der Waals surface area contributed by atoms with Crippen molar-refractivity contribution in [3.8, 4) is 0 Å². The van der Waals surface area contributed by atoms with Crippen molar-refractivity contribution in [2.75, 3.05) is 0 Å². The molecule has 2 aromatic carbocycles. The molecule has 0 amide bonds. The smallest absolute Gasteiger partial charge is 0.283 e. The molecule has 0 saturated heterocycles. The maximum Gasteiger partial charge on any atom is 0.283 e. The van der Waals surface area contributed by atoms with E-state index in [9.17, 15) is 0 Å². The molecule has 0 aliphatic carbocycles. The average Bonchev–Trinajstić information content (AvgIpc) is 2.58. The first-order valence-corrected chi connectivity index (χ1v) is 9.86. The van der Waals surface area contributed by atoms with E-state index in [1.54, 1.807) is 0 Å². The lowest BCUT2D eigenvalue weighted by atomic mass is 10.1. The van der Waals surface area contributed by atoms with Crippen LogP contribution in [0.15, 0.2) is 60.7 Å². The Morgan fingerprint density at radius 2 is 1.36 bits per heavy atom. The molecular formula is C20H27OSi. The molecule has 0 spiro atoms. The molecule has 2 rings (SSSR count). The summed E-state index contributed by atoms with van der Waals surface area (Å²) >= 11 is 0. The van der Waals surface area contributed by atoms with Gasteiger partial charge in [0.05, 0.1) is 0 Å². The van der Waals surface area contributed by atoms with E-state index in [1.165, 1.54) is 36.1 Å². The summed E-state index contributed by atoms with van der Waals surface area (Å²) in [7, 11) is -1.14. The topological polar surface area (TPSA) is 9.23 Å². The van der Waals surface area contributed by atoms with Crippen LogP contribution in [0.5, 0.6) is 0 Å². The van der Waals surface area contributed by atoms with Gasteiger partial charge in [0.15, 0.2) is 0 Å². The van der Waals surface area contributed by atoms with Gasteiger partial charge in [0.1, 0.15) is 0 Å². The van der Waals surface area contributed by atoms with Crippen LogP contribution in [-0.2, 0) is 4.43 Å². The molecule has 0 heterocycles. The summed E-state index contributed by atoms with van der Waals surface area (Å²) in [6, 6.07) is 21.4. The Labute approximate surface area is 137 Å². The Kier molecular flexibility index (Phi) is 7.41. The van der Waals surface area contributed by atoms with Crippen LogP contribution in [0.4, 0.5) is 0 Å². The quantitative estimate of drug-likeness (QED) is 0.499. The fraction of sp³-hybridized carbons (Fsp3) is 0.400. The van der Waals surface area contributed by atoms with Crippen LogP contribution >= 0.6 is 0 Å². The molecule has 1 radical (unpaired) electrons. The Balaban J connectivity index is 2.03. The van der Waals surface area contributed by atoms with Gasteiger partial charge in [-0.2, -0.15) is 0 Å². The van der Waals surface area contributed by atoms with Gasteiger partial charge in [-0.15, -0.1) is 0 Å². The molecule has 22 heavy (non-hydrogen) atoms. The van der Waals surface area contributed by atoms with Crippen molar-refractivity contribution in [3.05, 3.63) is 60.7 Å². The van der Waals surface area contributed by atoms with Crippen LogP contribution in [0.1, 0.15) is 46.0 Å². The summed E-state index contributed by atoms with van der Waals surface area (Å²) in [5.74, 6) is 0. The molecule has 2 heteroatoms. The molecular weight excluding hydrogens is 284 g/mol. The lowest BCUT2D eigenvalue weighted by Gasteiger charge is -2.21. The van der Waals surface area contributed by atoms with Gasteiger partial charge >= 0.3 is 0 Å². The summed E-state index contributed by atoms with van der Waals surface area (Å²) in [4.78, 5) is 0. The van der Waals surface area contributed by atoms with Gasteiger partial charge in [0.25, 0.3) is 9.04 Å². The zero-order valence-electron chi connectivity index (χ0n) is 13.8. The molecule has 0 bridgehead atoms. The van der Waals surface area contributed by atoms with Crippen LogP contribution in [0.25, 0.3) is 0 Å². The Morgan fingerprint density at radius 3 is 1.86 bits per heavy atom. The van der Waals surface area contributed by atoms with Crippen molar-refractivity contribution in [1.29, 1.82) is 0 Å². The fourth-order valence-corrected chi connectivity index (χ4v) is 4.72. The molecule has 1 nitrogen and oxygen atoms in total. The number of hydrogen-bond donors (Lipinski definition) is 0. The van der Waals surface area contributed by atoms with Gasteiger partial charge in [-0.25, -0.2) is 0 Å².